The molecule has 0 saturated heterocycles. The Balaban J connectivity index is 0. The standard InChI is InChI=1S/C21H43NO.ClH/c1-3-5-6-7-8-9-10-11-12-13-14-15-16-17-18-19-20-23-21(22)4-2;/h11-12,21H,3-10,13-20,22H2,1-2H3;1H/b12-11-;. The van der Waals surface area contributed by atoms with Gasteiger partial charge in [-0.25, -0.2) is 0 Å². The minimum atomic E-state index is 0. The minimum Gasteiger partial charge on any atom is -1.00 e. The maximum Gasteiger partial charge on any atom is 0.188 e. The van der Waals surface area contributed by atoms with Crippen molar-refractivity contribution in [3.63, 3.8) is 0 Å². The third-order valence-corrected chi connectivity index (χ3v) is 4.47. The van der Waals surface area contributed by atoms with Gasteiger partial charge in [-0.2, -0.15) is 0 Å². The van der Waals surface area contributed by atoms with Gasteiger partial charge in [0.1, 0.15) is 0 Å². The highest BCUT2D eigenvalue weighted by atomic mass is 35.5. The minimum absolute atomic E-state index is 0. The van der Waals surface area contributed by atoms with E-state index >= 15 is 0 Å². The molecule has 1 atom stereocenters. The summed E-state index contributed by atoms with van der Waals surface area (Å²) in [4.78, 5) is 0. The number of unbranched alkanes of at least 4 members (excludes halogenated alkanes) is 12. The first kappa shape index (κ1) is 26.2. The summed E-state index contributed by atoms with van der Waals surface area (Å²) in [6.07, 6.45) is 25.0. The summed E-state index contributed by atoms with van der Waals surface area (Å²) >= 11 is 0. The zero-order valence-corrected chi connectivity index (χ0v) is 17.3. The molecule has 3 heteroatoms. The highest BCUT2D eigenvalue weighted by Gasteiger charge is 2.00. The van der Waals surface area contributed by atoms with Crippen LogP contribution in [0.25, 0.3) is 0 Å². The molecule has 0 aliphatic heterocycles. The molecule has 0 spiro atoms. The van der Waals surface area contributed by atoms with Gasteiger partial charge < -0.3 is 22.9 Å². The Morgan fingerprint density at radius 1 is 0.708 bits per heavy atom. The lowest BCUT2D eigenvalue weighted by molar-refractivity contribution is -0.491. The van der Waals surface area contributed by atoms with Crippen LogP contribution in [0.15, 0.2) is 12.2 Å². The summed E-state index contributed by atoms with van der Waals surface area (Å²) in [7, 11) is 0. The molecule has 0 aromatic rings. The maximum atomic E-state index is 5.59. The molecule has 0 fully saturated rings. The SMILES string of the molecule is CCCCCCCC/C=C\CCCCCCCCOC([NH3+])CC.[Cl-]. The molecule has 0 radical (unpaired) electrons. The topological polar surface area (TPSA) is 36.9 Å². The third-order valence-electron chi connectivity index (χ3n) is 4.47. The second-order valence-electron chi connectivity index (χ2n) is 6.84. The van der Waals surface area contributed by atoms with Gasteiger partial charge in [0, 0.05) is 6.42 Å². The van der Waals surface area contributed by atoms with Gasteiger partial charge in [0.15, 0.2) is 6.23 Å². The summed E-state index contributed by atoms with van der Waals surface area (Å²) < 4.78 is 5.59. The largest absolute Gasteiger partial charge is 1.00 e. The van der Waals surface area contributed by atoms with E-state index in [1.165, 1.54) is 89.9 Å². The van der Waals surface area contributed by atoms with Gasteiger partial charge in [0.05, 0.1) is 6.61 Å². The van der Waals surface area contributed by atoms with E-state index in [1.807, 2.05) is 0 Å². The summed E-state index contributed by atoms with van der Waals surface area (Å²) in [5, 5.41) is 0. The molecule has 0 rings (SSSR count). The molecule has 0 saturated carbocycles. The van der Waals surface area contributed by atoms with Gasteiger partial charge in [-0.05, 0) is 32.1 Å². The molecular formula is C21H44ClNO. The summed E-state index contributed by atoms with van der Waals surface area (Å²) in [6.45, 7) is 5.30. The Kier molecular flexibility index (Phi) is 25.0. The normalized spacial score (nSPS) is 12.5. The van der Waals surface area contributed by atoms with E-state index in [-0.39, 0.29) is 18.6 Å². The van der Waals surface area contributed by atoms with E-state index in [1.54, 1.807) is 0 Å². The molecule has 0 amide bonds. The highest BCUT2D eigenvalue weighted by Crippen LogP contribution is 2.10. The molecule has 0 bridgehead atoms. The summed E-state index contributed by atoms with van der Waals surface area (Å²) in [6, 6.07) is 0. The second-order valence-corrected chi connectivity index (χ2v) is 6.84. The number of halogens is 1. The van der Waals surface area contributed by atoms with Gasteiger partial charge in [-0.1, -0.05) is 83.8 Å². The number of hydrogen-bond donors (Lipinski definition) is 1. The van der Waals surface area contributed by atoms with E-state index in [4.69, 9.17) is 4.74 Å². The lowest BCUT2D eigenvalue weighted by Crippen LogP contribution is -3.00. The molecule has 3 N–H and O–H groups in total. The average molecular weight is 362 g/mol. The first-order valence-corrected chi connectivity index (χ1v) is 10.4. The Labute approximate surface area is 158 Å². The van der Waals surface area contributed by atoms with Crippen LogP contribution >= 0.6 is 0 Å². The van der Waals surface area contributed by atoms with Crippen LogP contribution in [0.1, 0.15) is 110 Å². The van der Waals surface area contributed by atoms with E-state index in [0.717, 1.165) is 13.0 Å². The molecule has 24 heavy (non-hydrogen) atoms. The van der Waals surface area contributed by atoms with Crippen LogP contribution in [-0.2, 0) is 4.74 Å². The average Bonchev–Trinajstić information content (AvgIpc) is 2.57. The molecular weight excluding hydrogens is 318 g/mol. The van der Waals surface area contributed by atoms with E-state index in [2.05, 4.69) is 31.7 Å². The van der Waals surface area contributed by atoms with Crippen molar-refractivity contribution >= 4 is 0 Å². The van der Waals surface area contributed by atoms with Gasteiger partial charge in [0.25, 0.3) is 0 Å². The molecule has 1 unspecified atom stereocenters. The fourth-order valence-corrected chi connectivity index (χ4v) is 2.72. The predicted octanol–water partition coefficient (Wildman–Crippen LogP) is 3.02. The number of ether oxygens (including phenoxy) is 1. The van der Waals surface area contributed by atoms with Crippen LogP contribution in [0.2, 0.25) is 0 Å². The molecule has 0 heterocycles. The van der Waals surface area contributed by atoms with Gasteiger partial charge in [-0.15, -0.1) is 0 Å². The Bertz CT molecular complexity index is 246. The molecule has 0 aromatic heterocycles. The van der Waals surface area contributed by atoms with Gasteiger partial charge in [-0.3, -0.25) is 0 Å². The molecule has 0 aliphatic rings. The number of quaternary nitrogens is 1. The van der Waals surface area contributed by atoms with Crippen LogP contribution in [0.5, 0.6) is 0 Å². The van der Waals surface area contributed by atoms with Gasteiger partial charge in [0.2, 0.25) is 0 Å². The van der Waals surface area contributed by atoms with Crippen LogP contribution < -0.4 is 18.1 Å². The van der Waals surface area contributed by atoms with Crippen molar-refractivity contribution in [1.29, 1.82) is 0 Å². The first-order chi connectivity index (χ1) is 11.3. The smallest absolute Gasteiger partial charge is 0.188 e. The van der Waals surface area contributed by atoms with Gasteiger partial charge >= 0.3 is 0 Å². The summed E-state index contributed by atoms with van der Waals surface area (Å²) in [5.41, 5.74) is 3.94. The highest BCUT2D eigenvalue weighted by molar-refractivity contribution is 4.81. The Hall–Kier alpha value is -0.0500. The quantitative estimate of drug-likeness (QED) is 0.227. The van der Waals surface area contributed by atoms with Crippen LogP contribution in [0.3, 0.4) is 0 Å². The zero-order chi connectivity index (χ0) is 17.0. The van der Waals surface area contributed by atoms with Crippen molar-refractivity contribution in [2.45, 2.75) is 116 Å². The molecule has 2 nitrogen and oxygen atoms in total. The van der Waals surface area contributed by atoms with Crippen molar-refractivity contribution in [2.75, 3.05) is 6.61 Å². The lowest BCUT2D eigenvalue weighted by atomic mass is 10.1. The maximum absolute atomic E-state index is 5.59. The molecule has 0 aromatic carbocycles. The van der Waals surface area contributed by atoms with Crippen molar-refractivity contribution in [3.05, 3.63) is 12.2 Å². The van der Waals surface area contributed by atoms with Crippen LogP contribution in [0.4, 0.5) is 0 Å². The van der Waals surface area contributed by atoms with E-state index in [0.29, 0.717) is 0 Å². The van der Waals surface area contributed by atoms with Crippen molar-refractivity contribution in [3.8, 4) is 0 Å². The van der Waals surface area contributed by atoms with Crippen molar-refractivity contribution in [1.82, 2.24) is 0 Å². The van der Waals surface area contributed by atoms with E-state index in [9.17, 15) is 0 Å². The van der Waals surface area contributed by atoms with Crippen molar-refractivity contribution < 1.29 is 22.9 Å². The van der Waals surface area contributed by atoms with Crippen LogP contribution in [0, 0.1) is 0 Å². The molecule has 146 valence electrons. The van der Waals surface area contributed by atoms with Crippen molar-refractivity contribution in [2.24, 2.45) is 0 Å². The Morgan fingerprint density at radius 3 is 1.67 bits per heavy atom. The third kappa shape index (κ3) is 21.9. The zero-order valence-electron chi connectivity index (χ0n) is 16.5. The number of hydrogen-bond acceptors (Lipinski definition) is 1. The first-order valence-electron chi connectivity index (χ1n) is 10.4. The Morgan fingerprint density at radius 2 is 1.17 bits per heavy atom. The monoisotopic (exact) mass is 361 g/mol. The van der Waals surface area contributed by atoms with Crippen LogP contribution in [-0.4, -0.2) is 12.8 Å². The summed E-state index contributed by atoms with van der Waals surface area (Å²) in [5.74, 6) is 0. The fraction of sp³-hybridized carbons (Fsp3) is 0.905. The number of allylic oxidation sites excluding steroid dienone is 2. The fourth-order valence-electron chi connectivity index (χ4n) is 2.72. The van der Waals surface area contributed by atoms with E-state index < -0.39 is 0 Å². The predicted molar refractivity (Wildman–Crippen MR) is 102 cm³/mol. The second kappa shape index (κ2) is 22.9. The number of rotatable bonds is 18. The lowest BCUT2D eigenvalue weighted by Gasteiger charge is -2.07. The molecule has 0 aliphatic carbocycles.